The van der Waals surface area contributed by atoms with Crippen molar-refractivity contribution in [1.82, 2.24) is 4.98 Å². The van der Waals surface area contributed by atoms with Gasteiger partial charge >= 0.3 is 0 Å². The van der Waals surface area contributed by atoms with Gasteiger partial charge in [-0.1, -0.05) is 28.1 Å². The minimum atomic E-state index is -3.52. The van der Waals surface area contributed by atoms with Crippen LogP contribution in [0.2, 0.25) is 0 Å². The van der Waals surface area contributed by atoms with Crippen LogP contribution in [0.4, 0.5) is 5.69 Å². The van der Waals surface area contributed by atoms with Gasteiger partial charge in [0.25, 0.3) is 10.0 Å². The van der Waals surface area contributed by atoms with Gasteiger partial charge in [-0.05, 0) is 24.6 Å². The molecule has 2 aromatic rings. The van der Waals surface area contributed by atoms with Crippen molar-refractivity contribution >= 4 is 43.0 Å². The summed E-state index contributed by atoms with van der Waals surface area (Å²) in [6, 6.07) is 7.21. The van der Waals surface area contributed by atoms with Crippen LogP contribution in [0, 0.1) is 6.92 Å². The molecule has 0 fully saturated rings. The van der Waals surface area contributed by atoms with E-state index in [1.165, 1.54) is 6.20 Å². The van der Waals surface area contributed by atoms with E-state index in [1.54, 1.807) is 19.1 Å². The van der Waals surface area contributed by atoms with Crippen LogP contribution in [0.5, 0.6) is 0 Å². The van der Waals surface area contributed by atoms with Gasteiger partial charge in [0.15, 0.2) is 4.21 Å². The van der Waals surface area contributed by atoms with Crippen molar-refractivity contribution in [2.24, 2.45) is 0 Å². The Labute approximate surface area is 118 Å². The second-order valence-electron chi connectivity index (χ2n) is 3.63. The highest BCUT2D eigenvalue weighted by molar-refractivity contribution is 9.08. The first-order chi connectivity index (χ1) is 8.51. The largest absolute Gasteiger partial charge is 0.279 e. The molecule has 0 saturated heterocycles. The van der Waals surface area contributed by atoms with Crippen molar-refractivity contribution < 1.29 is 8.42 Å². The summed E-state index contributed by atoms with van der Waals surface area (Å²) in [5.74, 6) is 0. The normalized spacial score (nSPS) is 11.4. The lowest BCUT2D eigenvalue weighted by Gasteiger charge is -2.06. The SMILES string of the molecule is Cc1ncc(S(=O)(=O)Nc2ccc(CBr)cc2)s1. The summed E-state index contributed by atoms with van der Waals surface area (Å²) in [7, 11) is -3.52. The quantitative estimate of drug-likeness (QED) is 0.865. The van der Waals surface area contributed by atoms with Crippen molar-refractivity contribution in [3.63, 3.8) is 0 Å². The van der Waals surface area contributed by atoms with Crippen LogP contribution in [-0.2, 0) is 15.4 Å². The lowest BCUT2D eigenvalue weighted by molar-refractivity contribution is 0.603. The topological polar surface area (TPSA) is 59.1 Å². The molecule has 1 N–H and O–H groups in total. The predicted octanol–water partition coefficient (Wildman–Crippen LogP) is 3.15. The Bertz CT molecular complexity index is 635. The number of halogens is 1. The van der Waals surface area contributed by atoms with Crippen molar-refractivity contribution in [2.75, 3.05) is 4.72 Å². The Morgan fingerprint density at radius 3 is 2.50 bits per heavy atom. The maximum atomic E-state index is 12.0. The number of sulfonamides is 1. The van der Waals surface area contributed by atoms with Crippen LogP contribution in [0.1, 0.15) is 10.6 Å². The zero-order valence-corrected chi connectivity index (χ0v) is 12.8. The maximum absolute atomic E-state index is 12.0. The molecule has 0 amide bonds. The van der Waals surface area contributed by atoms with E-state index in [0.29, 0.717) is 5.69 Å². The molecule has 18 heavy (non-hydrogen) atoms. The van der Waals surface area contributed by atoms with E-state index < -0.39 is 10.0 Å². The van der Waals surface area contributed by atoms with Crippen LogP contribution >= 0.6 is 27.3 Å². The molecular weight excluding hydrogens is 336 g/mol. The van der Waals surface area contributed by atoms with Crippen molar-refractivity contribution in [3.8, 4) is 0 Å². The van der Waals surface area contributed by atoms with Gasteiger partial charge in [0.2, 0.25) is 0 Å². The Hall–Kier alpha value is -0.920. The third-order valence-electron chi connectivity index (χ3n) is 2.23. The molecule has 4 nitrogen and oxygen atoms in total. The summed E-state index contributed by atoms with van der Waals surface area (Å²) in [5.41, 5.74) is 1.64. The van der Waals surface area contributed by atoms with Gasteiger partial charge in [-0.25, -0.2) is 13.4 Å². The van der Waals surface area contributed by atoms with Crippen LogP contribution in [-0.4, -0.2) is 13.4 Å². The molecule has 1 aromatic heterocycles. The van der Waals surface area contributed by atoms with Gasteiger partial charge in [0.05, 0.1) is 11.2 Å². The van der Waals surface area contributed by atoms with E-state index in [4.69, 9.17) is 0 Å². The molecule has 0 aliphatic heterocycles. The highest BCUT2D eigenvalue weighted by atomic mass is 79.9. The highest BCUT2D eigenvalue weighted by Crippen LogP contribution is 2.21. The van der Waals surface area contributed by atoms with E-state index in [-0.39, 0.29) is 4.21 Å². The third kappa shape index (κ3) is 3.09. The zero-order chi connectivity index (χ0) is 13.2. The Morgan fingerprint density at radius 2 is 2.00 bits per heavy atom. The lowest BCUT2D eigenvalue weighted by Crippen LogP contribution is -2.11. The summed E-state index contributed by atoms with van der Waals surface area (Å²) in [5, 5.41) is 1.47. The number of nitrogens with one attached hydrogen (secondary N) is 1. The molecule has 0 atom stereocenters. The summed E-state index contributed by atoms with van der Waals surface area (Å²) in [4.78, 5) is 3.95. The first-order valence-electron chi connectivity index (χ1n) is 5.11. The Kier molecular flexibility index (Phi) is 4.04. The van der Waals surface area contributed by atoms with Gasteiger partial charge in [-0.2, -0.15) is 0 Å². The number of anilines is 1. The van der Waals surface area contributed by atoms with Crippen molar-refractivity contribution in [3.05, 3.63) is 41.0 Å². The second kappa shape index (κ2) is 5.38. The molecule has 7 heteroatoms. The number of hydrogen-bond acceptors (Lipinski definition) is 4. The van der Waals surface area contributed by atoms with Gasteiger partial charge in [0.1, 0.15) is 0 Å². The smallest absolute Gasteiger partial charge is 0.273 e. The van der Waals surface area contributed by atoms with E-state index >= 15 is 0 Å². The number of aromatic nitrogens is 1. The van der Waals surface area contributed by atoms with Crippen LogP contribution < -0.4 is 4.72 Å². The van der Waals surface area contributed by atoms with Crippen LogP contribution in [0.25, 0.3) is 0 Å². The predicted molar refractivity (Wildman–Crippen MR) is 76.7 cm³/mol. The molecule has 1 aromatic carbocycles. The van der Waals surface area contributed by atoms with Gasteiger partial charge < -0.3 is 0 Å². The number of nitrogens with zero attached hydrogens (tertiary/aromatic N) is 1. The van der Waals surface area contributed by atoms with Gasteiger partial charge in [-0.3, -0.25) is 4.72 Å². The molecule has 0 saturated carbocycles. The molecular formula is C11H11BrN2O2S2. The number of hydrogen-bond donors (Lipinski definition) is 1. The molecule has 0 spiro atoms. The first kappa shape index (κ1) is 13.5. The summed E-state index contributed by atoms with van der Waals surface area (Å²) < 4.78 is 26.8. The molecule has 96 valence electrons. The van der Waals surface area contributed by atoms with Crippen LogP contribution in [0.3, 0.4) is 0 Å². The molecule has 0 aliphatic carbocycles. The first-order valence-corrected chi connectivity index (χ1v) is 8.53. The van der Waals surface area contributed by atoms with Crippen LogP contribution in [0.15, 0.2) is 34.7 Å². The minimum Gasteiger partial charge on any atom is -0.279 e. The fourth-order valence-electron chi connectivity index (χ4n) is 1.33. The third-order valence-corrected chi connectivity index (χ3v) is 5.63. The summed E-state index contributed by atoms with van der Waals surface area (Å²) in [6.07, 6.45) is 1.37. The van der Waals surface area contributed by atoms with Gasteiger partial charge in [0, 0.05) is 11.0 Å². The van der Waals surface area contributed by atoms with Crippen molar-refractivity contribution in [2.45, 2.75) is 16.5 Å². The average Bonchev–Trinajstić information content (AvgIpc) is 2.77. The molecule has 0 unspecified atom stereocenters. The second-order valence-corrected chi connectivity index (χ2v) is 7.34. The Morgan fingerprint density at radius 1 is 1.33 bits per heavy atom. The number of aryl methyl sites for hydroxylation is 1. The van der Waals surface area contributed by atoms with E-state index in [0.717, 1.165) is 27.2 Å². The lowest BCUT2D eigenvalue weighted by atomic mass is 10.2. The average molecular weight is 347 g/mol. The molecule has 0 radical (unpaired) electrons. The molecule has 0 bridgehead atoms. The maximum Gasteiger partial charge on any atom is 0.273 e. The highest BCUT2D eigenvalue weighted by Gasteiger charge is 2.16. The fourth-order valence-corrected chi connectivity index (χ4v) is 3.87. The summed E-state index contributed by atoms with van der Waals surface area (Å²) in [6.45, 7) is 1.77. The monoisotopic (exact) mass is 346 g/mol. The van der Waals surface area contributed by atoms with E-state index in [9.17, 15) is 8.42 Å². The zero-order valence-electron chi connectivity index (χ0n) is 9.55. The standard InChI is InChI=1S/C11H11BrN2O2S2/c1-8-13-7-11(17-8)18(15,16)14-10-4-2-9(6-12)3-5-10/h2-5,7,14H,6H2,1H3. The van der Waals surface area contributed by atoms with E-state index in [1.807, 2.05) is 12.1 Å². The molecule has 0 aliphatic rings. The molecule has 1 heterocycles. The molecule has 2 rings (SSSR count). The number of thiazole rings is 1. The minimum absolute atomic E-state index is 0.226. The summed E-state index contributed by atoms with van der Waals surface area (Å²) >= 11 is 4.49. The van der Waals surface area contributed by atoms with E-state index in [2.05, 4.69) is 25.6 Å². The fraction of sp³-hybridized carbons (Fsp3) is 0.182. The van der Waals surface area contributed by atoms with Crippen molar-refractivity contribution in [1.29, 1.82) is 0 Å². The van der Waals surface area contributed by atoms with Gasteiger partial charge in [-0.15, -0.1) is 11.3 Å². The number of benzene rings is 1. The number of alkyl halides is 1. The number of rotatable bonds is 4. The Balaban J connectivity index is 2.22.